The fourth-order valence-electron chi connectivity index (χ4n) is 3.57. The van der Waals surface area contributed by atoms with Gasteiger partial charge in [0.25, 0.3) is 0 Å². The summed E-state index contributed by atoms with van der Waals surface area (Å²) in [6.07, 6.45) is 0.697. The number of benzene rings is 3. The Morgan fingerprint density at radius 1 is 0.848 bits per heavy atom. The summed E-state index contributed by atoms with van der Waals surface area (Å²) in [5.41, 5.74) is 8.39. The van der Waals surface area contributed by atoms with Crippen LogP contribution in [0.3, 0.4) is 0 Å². The van der Waals surface area contributed by atoms with Gasteiger partial charge in [-0.2, -0.15) is 0 Å². The van der Waals surface area contributed by atoms with Crippen LogP contribution in [0.4, 0.5) is 5.69 Å². The van der Waals surface area contributed by atoms with Gasteiger partial charge in [0.2, 0.25) is 5.91 Å². The van der Waals surface area contributed by atoms with Gasteiger partial charge in [-0.1, -0.05) is 96.0 Å². The summed E-state index contributed by atoms with van der Waals surface area (Å²) < 4.78 is 0. The van der Waals surface area contributed by atoms with Crippen molar-refractivity contribution < 1.29 is 4.79 Å². The van der Waals surface area contributed by atoms with Crippen molar-refractivity contribution in [3.05, 3.63) is 89.5 Å². The van der Waals surface area contributed by atoms with Crippen molar-refractivity contribution in [2.45, 2.75) is 44.5 Å². The number of aryl methyl sites for hydroxylation is 3. The zero-order chi connectivity index (χ0) is 23.4. The van der Waals surface area contributed by atoms with E-state index in [1.165, 1.54) is 22.9 Å². The van der Waals surface area contributed by atoms with Crippen molar-refractivity contribution in [3.8, 4) is 22.5 Å². The Labute approximate surface area is 199 Å². The summed E-state index contributed by atoms with van der Waals surface area (Å²) in [7, 11) is 0. The molecule has 0 aliphatic carbocycles. The molecule has 4 rings (SSSR count). The predicted molar refractivity (Wildman–Crippen MR) is 139 cm³/mol. The number of amides is 1. The highest BCUT2D eigenvalue weighted by atomic mass is 32.2. The van der Waals surface area contributed by atoms with E-state index in [4.69, 9.17) is 4.98 Å². The number of nitrogens with zero attached hydrogens (tertiary/aromatic N) is 1. The molecule has 4 nitrogen and oxygen atoms in total. The highest BCUT2D eigenvalue weighted by Gasteiger charge is 2.22. The monoisotopic (exact) mass is 455 g/mol. The molecule has 0 saturated heterocycles. The summed E-state index contributed by atoms with van der Waals surface area (Å²) in [4.78, 5) is 21.4. The number of thioether (sulfide) groups is 1. The number of anilines is 1. The number of carbonyl (C=O) groups excluding carboxylic acids is 1. The van der Waals surface area contributed by atoms with Crippen LogP contribution in [0.15, 0.2) is 78.0 Å². The van der Waals surface area contributed by atoms with Crippen molar-refractivity contribution in [1.82, 2.24) is 9.97 Å². The minimum Gasteiger partial charge on any atom is -0.332 e. The summed E-state index contributed by atoms with van der Waals surface area (Å²) in [5.74, 6) is -0.0171. The van der Waals surface area contributed by atoms with Crippen LogP contribution >= 0.6 is 11.8 Å². The first-order valence-electron chi connectivity index (χ1n) is 11.2. The van der Waals surface area contributed by atoms with E-state index in [0.29, 0.717) is 6.42 Å². The molecule has 1 heterocycles. The zero-order valence-electron chi connectivity index (χ0n) is 19.5. The second kappa shape index (κ2) is 10.1. The van der Waals surface area contributed by atoms with Crippen LogP contribution in [0.25, 0.3) is 22.5 Å². The third kappa shape index (κ3) is 5.55. The number of imidazole rings is 1. The maximum atomic E-state index is 13.0. The molecule has 1 atom stereocenters. The summed E-state index contributed by atoms with van der Waals surface area (Å²) in [5, 5.41) is 3.52. The van der Waals surface area contributed by atoms with E-state index in [1.807, 2.05) is 38.1 Å². The molecule has 1 unspecified atom stereocenters. The van der Waals surface area contributed by atoms with Gasteiger partial charge in [0, 0.05) is 16.8 Å². The topological polar surface area (TPSA) is 57.8 Å². The lowest BCUT2D eigenvalue weighted by Gasteiger charge is -2.13. The number of rotatable bonds is 7. The minimum atomic E-state index is -0.255. The molecule has 1 aromatic heterocycles. The first-order valence-corrected chi connectivity index (χ1v) is 12.1. The van der Waals surface area contributed by atoms with Crippen molar-refractivity contribution in [3.63, 3.8) is 0 Å². The average Bonchev–Trinajstić information content (AvgIpc) is 3.23. The zero-order valence-corrected chi connectivity index (χ0v) is 20.3. The molecule has 5 heteroatoms. The van der Waals surface area contributed by atoms with Gasteiger partial charge >= 0.3 is 0 Å². The third-order valence-electron chi connectivity index (χ3n) is 5.58. The van der Waals surface area contributed by atoms with Gasteiger partial charge in [0.05, 0.1) is 16.6 Å². The van der Waals surface area contributed by atoms with E-state index in [2.05, 4.69) is 72.7 Å². The van der Waals surface area contributed by atoms with Crippen molar-refractivity contribution >= 4 is 23.4 Å². The van der Waals surface area contributed by atoms with Gasteiger partial charge in [-0.15, -0.1) is 0 Å². The van der Waals surface area contributed by atoms with Crippen molar-refractivity contribution in [1.29, 1.82) is 0 Å². The van der Waals surface area contributed by atoms with Gasteiger partial charge in [0.1, 0.15) is 0 Å². The summed E-state index contributed by atoms with van der Waals surface area (Å²) in [6, 6.07) is 24.7. The number of hydrogen-bond donors (Lipinski definition) is 2. The van der Waals surface area contributed by atoms with E-state index in [0.717, 1.165) is 38.9 Å². The molecule has 0 aliphatic heterocycles. The quantitative estimate of drug-likeness (QED) is 0.290. The van der Waals surface area contributed by atoms with Gasteiger partial charge in [-0.3, -0.25) is 4.79 Å². The Bertz CT molecular complexity index is 1160. The van der Waals surface area contributed by atoms with Crippen LogP contribution in [-0.2, 0) is 4.79 Å². The summed E-state index contributed by atoms with van der Waals surface area (Å²) in [6.45, 7) is 8.22. The molecule has 2 N–H and O–H groups in total. The Balaban J connectivity index is 1.63. The van der Waals surface area contributed by atoms with Crippen LogP contribution in [0.1, 0.15) is 30.0 Å². The Kier molecular flexibility index (Phi) is 6.99. The second-order valence-electron chi connectivity index (χ2n) is 8.37. The molecule has 0 aliphatic rings. The number of hydrogen-bond acceptors (Lipinski definition) is 3. The Morgan fingerprint density at radius 2 is 1.36 bits per heavy atom. The van der Waals surface area contributed by atoms with E-state index < -0.39 is 0 Å². The van der Waals surface area contributed by atoms with Gasteiger partial charge in [0.15, 0.2) is 5.16 Å². The van der Waals surface area contributed by atoms with Crippen LogP contribution in [0.5, 0.6) is 0 Å². The molecule has 168 valence electrons. The fraction of sp³-hybridized carbons (Fsp3) is 0.214. The lowest BCUT2D eigenvalue weighted by atomic mass is 10.0. The first kappa shape index (κ1) is 22.9. The predicted octanol–water partition coefficient (Wildman–Crippen LogP) is 7.18. The molecule has 33 heavy (non-hydrogen) atoms. The van der Waals surface area contributed by atoms with E-state index in [1.54, 1.807) is 0 Å². The molecular weight excluding hydrogens is 426 g/mol. The lowest BCUT2D eigenvalue weighted by molar-refractivity contribution is -0.115. The molecule has 1 amide bonds. The molecule has 0 saturated carbocycles. The first-order chi connectivity index (χ1) is 15.9. The van der Waals surface area contributed by atoms with Crippen LogP contribution in [-0.4, -0.2) is 21.1 Å². The van der Waals surface area contributed by atoms with Gasteiger partial charge in [-0.25, -0.2) is 4.98 Å². The van der Waals surface area contributed by atoms with Crippen molar-refractivity contribution in [2.75, 3.05) is 5.32 Å². The molecule has 0 bridgehead atoms. The number of aromatic amines is 1. The van der Waals surface area contributed by atoms with Crippen LogP contribution < -0.4 is 5.32 Å². The van der Waals surface area contributed by atoms with E-state index in [-0.39, 0.29) is 11.2 Å². The largest absolute Gasteiger partial charge is 0.332 e. The smallest absolute Gasteiger partial charge is 0.237 e. The molecule has 4 aromatic rings. The highest BCUT2D eigenvalue weighted by molar-refractivity contribution is 8.00. The molecule has 0 fully saturated rings. The van der Waals surface area contributed by atoms with Gasteiger partial charge in [-0.05, 0) is 39.3 Å². The number of H-pyrrole nitrogens is 1. The fourth-order valence-corrected chi connectivity index (χ4v) is 4.48. The molecule has 3 aromatic carbocycles. The SMILES string of the molecule is CCC(Sc1nc(-c2ccc(C)cc2)c(-c2ccc(C)cc2)[nH]1)C(=O)Nc1ccc(C)cc1. The number of carbonyl (C=O) groups is 1. The molecule has 0 radical (unpaired) electrons. The average molecular weight is 456 g/mol. The summed E-state index contributed by atoms with van der Waals surface area (Å²) >= 11 is 1.47. The molecule has 0 spiro atoms. The van der Waals surface area contributed by atoms with Crippen molar-refractivity contribution in [2.24, 2.45) is 0 Å². The third-order valence-corrected chi connectivity index (χ3v) is 6.83. The minimum absolute atomic E-state index is 0.0171. The van der Waals surface area contributed by atoms with E-state index in [9.17, 15) is 4.79 Å². The van der Waals surface area contributed by atoms with Crippen LogP contribution in [0, 0.1) is 20.8 Å². The maximum absolute atomic E-state index is 13.0. The van der Waals surface area contributed by atoms with Crippen LogP contribution in [0.2, 0.25) is 0 Å². The standard InChI is InChI=1S/C28H29N3OS/c1-5-24(27(32)29-23-16-10-20(4)11-17-23)33-28-30-25(21-12-6-18(2)7-13-21)26(31-28)22-14-8-19(3)9-15-22/h6-17,24H,5H2,1-4H3,(H,29,32)(H,30,31). The van der Waals surface area contributed by atoms with E-state index >= 15 is 0 Å². The Morgan fingerprint density at radius 3 is 1.91 bits per heavy atom. The lowest BCUT2D eigenvalue weighted by Crippen LogP contribution is -2.24. The number of nitrogens with one attached hydrogen (secondary N) is 2. The normalized spacial score (nSPS) is 11.9. The second-order valence-corrected chi connectivity index (χ2v) is 9.56. The highest BCUT2D eigenvalue weighted by Crippen LogP contribution is 2.35. The Hall–Kier alpha value is -3.31. The molecular formula is C28H29N3OS. The number of aromatic nitrogens is 2. The maximum Gasteiger partial charge on any atom is 0.237 e. The van der Waals surface area contributed by atoms with Gasteiger partial charge < -0.3 is 10.3 Å².